The lowest BCUT2D eigenvalue weighted by Crippen LogP contribution is -2.38. The monoisotopic (exact) mass is 454 g/mol. The first kappa shape index (κ1) is 24.2. The highest BCUT2D eigenvalue weighted by atomic mass is 32.2. The number of carbonyl (C=O) groups excluding carboxylic acids is 1. The Morgan fingerprint density at radius 2 is 1.75 bits per heavy atom. The van der Waals surface area contributed by atoms with Crippen LogP contribution in [0.4, 0.5) is 5.69 Å². The minimum atomic E-state index is -0.920. The average Bonchev–Trinajstić information content (AvgIpc) is 3.21. The number of carbonyl (C=O) groups is 2. The van der Waals surface area contributed by atoms with Crippen molar-refractivity contribution in [2.75, 3.05) is 11.9 Å². The van der Waals surface area contributed by atoms with E-state index in [4.69, 9.17) is 5.11 Å². The SMILES string of the molecule is CCCC(CCC)C(Nc1ccc(C(=O)NCCC(=O)O)cc1)C1Cc2ccccc2S1. The van der Waals surface area contributed by atoms with Crippen molar-refractivity contribution in [3.8, 4) is 0 Å². The van der Waals surface area contributed by atoms with Crippen molar-refractivity contribution in [3.63, 3.8) is 0 Å². The Morgan fingerprint density at radius 3 is 2.38 bits per heavy atom. The molecule has 3 N–H and O–H groups in total. The Labute approximate surface area is 195 Å². The number of carboxylic acids is 1. The van der Waals surface area contributed by atoms with Crippen LogP contribution in [0.5, 0.6) is 0 Å². The molecule has 6 heteroatoms. The zero-order chi connectivity index (χ0) is 22.9. The van der Waals surface area contributed by atoms with Gasteiger partial charge >= 0.3 is 5.97 Å². The molecule has 0 bridgehead atoms. The van der Waals surface area contributed by atoms with Crippen LogP contribution in [0.15, 0.2) is 53.4 Å². The Hall–Kier alpha value is -2.47. The second-order valence-electron chi connectivity index (χ2n) is 8.45. The molecule has 0 radical (unpaired) electrons. The molecule has 1 aliphatic heterocycles. The summed E-state index contributed by atoms with van der Waals surface area (Å²) in [6.45, 7) is 4.65. The predicted molar refractivity (Wildman–Crippen MR) is 132 cm³/mol. The molecule has 2 aromatic carbocycles. The molecule has 0 aromatic heterocycles. The first-order valence-corrected chi connectivity index (χ1v) is 12.5. The van der Waals surface area contributed by atoms with E-state index in [1.807, 2.05) is 23.9 Å². The van der Waals surface area contributed by atoms with E-state index in [2.05, 4.69) is 48.7 Å². The van der Waals surface area contributed by atoms with Crippen LogP contribution >= 0.6 is 11.8 Å². The van der Waals surface area contributed by atoms with Gasteiger partial charge in [0.2, 0.25) is 0 Å². The summed E-state index contributed by atoms with van der Waals surface area (Å²) in [4.78, 5) is 24.3. The lowest BCUT2D eigenvalue weighted by atomic mass is 9.86. The van der Waals surface area contributed by atoms with E-state index in [1.54, 1.807) is 12.1 Å². The van der Waals surface area contributed by atoms with Crippen LogP contribution < -0.4 is 10.6 Å². The molecule has 3 rings (SSSR count). The van der Waals surface area contributed by atoms with E-state index in [1.165, 1.54) is 36.1 Å². The van der Waals surface area contributed by atoms with Gasteiger partial charge in [-0.15, -0.1) is 11.8 Å². The molecular weight excluding hydrogens is 420 g/mol. The molecule has 2 aromatic rings. The Balaban J connectivity index is 1.71. The molecule has 2 unspecified atom stereocenters. The number of carboxylic acid groups (broad SMARTS) is 1. The first-order chi connectivity index (χ1) is 15.5. The Bertz CT molecular complexity index is 869. The van der Waals surface area contributed by atoms with Gasteiger partial charge in [-0.1, -0.05) is 44.9 Å². The molecule has 1 amide bonds. The zero-order valence-electron chi connectivity index (χ0n) is 19.0. The third-order valence-electron chi connectivity index (χ3n) is 6.00. The zero-order valence-corrected chi connectivity index (χ0v) is 19.8. The molecule has 5 nitrogen and oxygen atoms in total. The summed E-state index contributed by atoms with van der Waals surface area (Å²) in [5, 5.41) is 15.7. The molecule has 0 aliphatic carbocycles. The highest BCUT2D eigenvalue weighted by Gasteiger charge is 2.34. The van der Waals surface area contributed by atoms with Crippen LogP contribution in [-0.4, -0.2) is 34.8 Å². The van der Waals surface area contributed by atoms with Crippen molar-refractivity contribution in [1.29, 1.82) is 0 Å². The molecule has 1 aliphatic rings. The fourth-order valence-electron chi connectivity index (χ4n) is 4.46. The minimum absolute atomic E-state index is 0.0786. The van der Waals surface area contributed by atoms with Gasteiger partial charge in [0.1, 0.15) is 0 Å². The fraction of sp³-hybridized carbons (Fsp3) is 0.462. The number of nitrogens with one attached hydrogen (secondary N) is 2. The summed E-state index contributed by atoms with van der Waals surface area (Å²) in [5.74, 6) is -0.571. The number of hydrogen-bond donors (Lipinski definition) is 3. The molecule has 172 valence electrons. The summed E-state index contributed by atoms with van der Waals surface area (Å²) in [6.07, 6.45) is 5.73. The minimum Gasteiger partial charge on any atom is -0.481 e. The van der Waals surface area contributed by atoms with Gasteiger partial charge in [0.15, 0.2) is 0 Å². The van der Waals surface area contributed by atoms with Crippen molar-refractivity contribution in [2.45, 2.75) is 68.6 Å². The molecule has 0 saturated carbocycles. The molecule has 32 heavy (non-hydrogen) atoms. The number of benzene rings is 2. The lowest BCUT2D eigenvalue weighted by Gasteiger charge is -2.33. The summed E-state index contributed by atoms with van der Waals surface area (Å²) in [5.41, 5.74) is 3.00. The maximum absolute atomic E-state index is 12.2. The summed E-state index contributed by atoms with van der Waals surface area (Å²) >= 11 is 1.99. The third-order valence-corrected chi connectivity index (χ3v) is 7.42. The smallest absolute Gasteiger partial charge is 0.305 e. The first-order valence-electron chi connectivity index (χ1n) is 11.6. The van der Waals surface area contributed by atoms with E-state index in [9.17, 15) is 9.59 Å². The molecule has 0 spiro atoms. The normalized spacial score (nSPS) is 15.9. The van der Waals surface area contributed by atoms with E-state index in [0.29, 0.717) is 22.8 Å². The molecule has 0 fully saturated rings. The number of anilines is 1. The molecular formula is C26H34N2O3S. The van der Waals surface area contributed by atoms with E-state index in [-0.39, 0.29) is 18.9 Å². The second kappa shape index (κ2) is 12.0. The molecule has 1 heterocycles. The second-order valence-corrected chi connectivity index (χ2v) is 9.73. The maximum Gasteiger partial charge on any atom is 0.305 e. The van der Waals surface area contributed by atoms with Crippen LogP contribution in [0.25, 0.3) is 0 Å². The van der Waals surface area contributed by atoms with Crippen molar-refractivity contribution in [1.82, 2.24) is 5.32 Å². The van der Waals surface area contributed by atoms with Crippen molar-refractivity contribution in [2.24, 2.45) is 5.92 Å². The van der Waals surface area contributed by atoms with Crippen molar-refractivity contribution >= 4 is 29.3 Å². The molecule has 0 saturated heterocycles. The number of hydrogen-bond acceptors (Lipinski definition) is 4. The van der Waals surface area contributed by atoms with Gasteiger partial charge in [0, 0.05) is 34.0 Å². The predicted octanol–water partition coefficient (Wildman–Crippen LogP) is 5.61. The van der Waals surface area contributed by atoms with Crippen LogP contribution in [0.3, 0.4) is 0 Å². The fourth-order valence-corrected chi connectivity index (χ4v) is 5.95. The summed E-state index contributed by atoms with van der Waals surface area (Å²) < 4.78 is 0. The van der Waals surface area contributed by atoms with Crippen LogP contribution in [-0.2, 0) is 11.2 Å². The quantitative estimate of drug-likeness (QED) is 0.389. The van der Waals surface area contributed by atoms with Crippen LogP contribution in [0.2, 0.25) is 0 Å². The van der Waals surface area contributed by atoms with E-state index < -0.39 is 5.97 Å². The van der Waals surface area contributed by atoms with Crippen molar-refractivity contribution in [3.05, 3.63) is 59.7 Å². The van der Waals surface area contributed by atoms with Gasteiger partial charge in [-0.25, -0.2) is 0 Å². The van der Waals surface area contributed by atoms with E-state index in [0.717, 1.165) is 12.1 Å². The number of thioether (sulfide) groups is 1. The molecule has 2 atom stereocenters. The highest BCUT2D eigenvalue weighted by molar-refractivity contribution is 8.00. The highest BCUT2D eigenvalue weighted by Crippen LogP contribution is 2.42. The lowest BCUT2D eigenvalue weighted by molar-refractivity contribution is -0.136. The third kappa shape index (κ3) is 6.52. The number of rotatable bonds is 12. The standard InChI is InChI=1S/C26H34N2O3S/c1-3-7-18(8-4-2)25(23-17-20-9-5-6-10-22(20)32-23)28-21-13-11-19(12-14-21)26(31)27-16-15-24(29)30/h5-6,9-14,18,23,25,28H,3-4,7-8,15-17H2,1-2H3,(H,27,31)(H,29,30). The Morgan fingerprint density at radius 1 is 1.06 bits per heavy atom. The summed E-state index contributed by atoms with van der Waals surface area (Å²) in [6, 6.07) is 16.6. The number of fused-ring (bicyclic) bond motifs is 1. The van der Waals surface area contributed by atoms with Gasteiger partial charge in [-0.05, 0) is 61.1 Å². The number of amides is 1. The topological polar surface area (TPSA) is 78.4 Å². The van der Waals surface area contributed by atoms with E-state index >= 15 is 0 Å². The number of aliphatic carboxylic acids is 1. The largest absolute Gasteiger partial charge is 0.481 e. The summed E-state index contributed by atoms with van der Waals surface area (Å²) in [7, 11) is 0. The van der Waals surface area contributed by atoms with Gasteiger partial charge in [0.25, 0.3) is 5.91 Å². The van der Waals surface area contributed by atoms with Gasteiger partial charge in [-0.3, -0.25) is 9.59 Å². The maximum atomic E-state index is 12.2. The van der Waals surface area contributed by atoms with Crippen LogP contribution in [0.1, 0.15) is 61.9 Å². The van der Waals surface area contributed by atoms with Gasteiger partial charge < -0.3 is 15.7 Å². The van der Waals surface area contributed by atoms with Crippen LogP contribution in [0, 0.1) is 5.92 Å². The van der Waals surface area contributed by atoms with Crippen molar-refractivity contribution < 1.29 is 14.7 Å². The Kier molecular flexibility index (Phi) is 9.03. The average molecular weight is 455 g/mol. The van der Waals surface area contributed by atoms with Gasteiger partial charge in [0.05, 0.1) is 6.42 Å². The van der Waals surface area contributed by atoms with Gasteiger partial charge in [-0.2, -0.15) is 0 Å².